The number of hydrogen-bond donors (Lipinski definition) is 1. The predicted molar refractivity (Wildman–Crippen MR) is 105 cm³/mol. The molecule has 0 fully saturated rings. The van der Waals surface area contributed by atoms with Crippen LogP contribution in [0.3, 0.4) is 0 Å². The minimum Gasteiger partial charge on any atom is -0.386 e. The molecule has 0 bridgehead atoms. The van der Waals surface area contributed by atoms with Crippen LogP contribution in [0.25, 0.3) is 0 Å². The molecular formula is C20H29N3OSi. The number of nitrogens with zero attached hydrogens (tertiary/aromatic N) is 3. The van der Waals surface area contributed by atoms with Crippen molar-refractivity contribution in [1.82, 2.24) is 15.0 Å². The van der Waals surface area contributed by atoms with Crippen molar-refractivity contribution in [3.63, 3.8) is 0 Å². The van der Waals surface area contributed by atoms with Gasteiger partial charge < -0.3 is 5.11 Å². The molecule has 0 saturated heterocycles. The molecule has 134 valence electrons. The first kappa shape index (κ1) is 19.4. The third-order valence-electron chi connectivity index (χ3n) is 4.20. The average Bonchev–Trinajstić information content (AvgIpc) is 3.04. The summed E-state index contributed by atoms with van der Waals surface area (Å²) in [7, 11) is -1.45. The van der Waals surface area contributed by atoms with Crippen molar-refractivity contribution in [2.24, 2.45) is 5.92 Å². The molecule has 3 atom stereocenters. The molecule has 0 spiro atoms. The third-order valence-corrected chi connectivity index (χ3v) is 5.10. The van der Waals surface area contributed by atoms with E-state index < -0.39 is 14.2 Å². The molecule has 1 aromatic carbocycles. The van der Waals surface area contributed by atoms with Crippen LogP contribution in [0.2, 0.25) is 19.6 Å². The van der Waals surface area contributed by atoms with Gasteiger partial charge in [0.1, 0.15) is 25.9 Å². The van der Waals surface area contributed by atoms with Crippen LogP contribution < -0.4 is 0 Å². The van der Waals surface area contributed by atoms with E-state index in [1.807, 2.05) is 41.2 Å². The second-order valence-corrected chi connectivity index (χ2v) is 12.4. The highest BCUT2D eigenvalue weighted by Crippen LogP contribution is 2.22. The lowest BCUT2D eigenvalue weighted by Gasteiger charge is -2.18. The highest BCUT2D eigenvalue weighted by molar-refractivity contribution is 6.83. The van der Waals surface area contributed by atoms with E-state index in [2.05, 4.69) is 55.3 Å². The van der Waals surface area contributed by atoms with Crippen molar-refractivity contribution in [1.29, 1.82) is 0 Å². The summed E-state index contributed by atoms with van der Waals surface area (Å²) in [6.45, 7) is 11.1. The lowest BCUT2D eigenvalue weighted by Crippen LogP contribution is -2.20. The van der Waals surface area contributed by atoms with Crippen molar-refractivity contribution in [3.05, 3.63) is 47.8 Å². The molecule has 3 unspecified atom stereocenters. The maximum Gasteiger partial charge on any atom is 0.129 e. The molecule has 0 radical (unpaired) electrons. The van der Waals surface area contributed by atoms with Crippen molar-refractivity contribution in [3.8, 4) is 11.5 Å². The maximum atomic E-state index is 10.5. The van der Waals surface area contributed by atoms with Gasteiger partial charge in [0.25, 0.3) is 0 Å². The number of aliphatic hydroxyl groups is 1. The van der Waals surface area contributed by atoms with Crippen molar-refractivity contribution < 1.29 is 5.11 Å². The summed E-state index contributed by atoms with van der Waals surface area (Å²) in [5.41, 5.74) is 5.14. The van der Waals surface area contributed by atoms with E-state index >= 15 is 0 Å². The Bertz CT molecular complexity index is 725. The summed E-state index contributed by atoms with van der Waals surface area (Å²) in [6.07, 6.45) is 2.75. The Labute approximate surface area is 152 Å². The largest absolute Gasteiger partial charge is 0.386 e. The molecular weight excluding hydrogens is 326 g/mol. The number of hydrogen-bond acceptors (Lipinski definition) is 3. The molecule has 4 nitrogen and oxygen atoms in total. The van der Waals surface area contributed by atoms with Gasteiger partial charge in [-0.05, 0) is 11.5 Å². The van der Waals surface area contributed by atoms with Crippen molar-refractivity contribution >= 4 is 8.07 Å². The van der Waals surface area contributed by atoms with E-state index in [1.54, 1.807) is 0 Å². The molecule has 0 aliphatic heterocycles. The second kappa shape index (κ2) is 8.46. The zero-order valence-electron chi connectivity index (χ0n) is 15.9. The summed E-state index contributed by atoms with van der Waals surface area (Å²) >= 11 is 0. The molecule has 0 aliphatic carbocycles. The molecule has 25 heavy (non-hydrogen) atoms. The van der Waals surface area contributed by atoms with Crippen molar-refractivity contribution in [2.75, 3.05) is 0 Å². The third kappa shape index (κ3) is 5.84. The smallest absolute Gasteiger partial charge is 0.129 e. The van der Waals surface area contributed by atoms with E-state index in [0.29, 0.717) is 18.0 Å². The van der Waals surface area contributed by atoms with Gasteiger partial charge >= 0.3 is 0 Å². The van der Waals surface area contributed by atoms with E-state index in [0.717, 1.165) is 12.0 Å². The highest BCUT2D eigenvalue weighted by atomic mass is 28.3. The summed E-state index contributed by atoms with van der Waals surface area (Å²) in [6, 6.07) is 9.94. The number of benzene rings is 1. The topological polar surface area (TPSA) is 50.9 Å². The van der Waals surface area contributed by atoms with Gasteiger partial charge in [-0.15, -0.1) is 10.6 Å². The Balaban J connectivity index is 2.19. The van der Waals surface area contributed by atoms with Crippen molar-refractivity contribution in [2.45, 2.75) is 58.5 Å². The van der Waals surface area contributed by atoms with Crippen LogP contribution in [0.15, 0.2) is 36.5 Å². The molecule has 2 rings (SSSR count). The molecule has 1 heterocycles. The normalized spacial score (nSPS) is 15.1. The fourth-order valence-electron chi connectivity index (χ4n) is 2.50. The van der Waals surface area contributed by atoms with Gasteiger partial charge in [0.05, 0.1) is 6.20 Å². The van der Waals surface area contributed by atoms with Crippen LogP contribution in [0.4, 0.5) is 0 Å². The van der Waals surface area contributed by atoms with Gasteiger partial charge in [0.15, 0.2) is 0 Å². The molecule has 5 heteroatoms. The summed E-state index contributed by atoms with van der Waals surface area (Å²) < 4.78 is 1.82. The molecule has 0 aliphatic rings. The Morgan fingerprint density at radius 2 is 1.88 bits per heavy atom. The van der Waals surface area contributed by atoms with Gasteiger partial charge in [-0.2, -0.15) is 0 Å². The standard InChI is InChI=1S/C20H29N3OSi/c1-6-16(2)19(12-13-25(3,4)5)23-15-18(21-22-23)20(24)14-17-10-8-7-9-11-17/h7-11,15-16,19-20,24H,6,14H2,1-5H3. The van der Waals surface area contributed by atoms with Crippen LogP contribution in [-0.4, -0.2) is 28.2 Å². The average molecular weight is 356 g/mol. The lowest BCUT2D eigenvalue weighted by atomic mass is 10.00. The molecule has 1 aromatic heterocycles. The molecule has 0 saturated carbocycles. The zero-order valence-corrected chi connectivity index (χ0v) is 16.9. The highest BCUT2D eigenvalue weighted by Gasteiger charge is 2.20. The molecule has 2 aromatic rings. The number of rotatable bonds is 6. The van der Waals surface area contributed by atoms with E-state index in [-0.39, 0.29) is 6.04 Å². The summed E-state index contributed by atoms with van der Waals surface area (Å²) in [5.74, 6) is 3.80. The first-order valence-electron chi connectivity index (χ1n) is 8.96. The monoisotopic (exact) mass is 355 g/mol. The Morgan fingerprint density at radius 1 is 1.20 bits per heavy atom. The second-order valence-electron chi connectivity index (χ2n) is 7.68. The van der Waals surface area contributed by atoms with Crippen LogP contribution >= 0.6 is 0 Å². The first-order chi connectivity index (χ1) is 11.8. The maximum absolute atomic E-state index is 10.5. The zero-order chi connectivity index (χ0) is 18.4. The fourth-order valence-corrected chi connectivity index (χ4v) is 3.08. The first-order valence-corrected chi connectivity index (χ1v) is 12.5. The van der Waals surface area contributed by atoms with Crippen LogP contribution in [0, 0.1) is 17.4 Å². The molecule has 0 amide bonds. The van der Waals surface area contributed by atoms with Gasteiger partial charge in [-0.1, -0.05) is 81.4 Å². The fraction of sp³-hybridized carbons (Fsp3) is 0.500. The molecule has 1 N–H and O–H groups in total. The Kier molecular flexibility index (Phi) is 6.57. The van der Waals surface area contributed by atoms with E-state index in [9.17, 15) is 5.11 Å². The SMILES string of the molecule is CCC(C)C(C#C[Si](C)(C)C)n1cc(C(O)Cc2ccccc2)nn1. The lowest BCUT2D eigenvalue weighted by molar-refractivity contribution is 0.173. The minimum absolute atomic E-state index is 0.00176. The number of aromatic nitrogens is 3. The quantitative estimate of drug-likeness (QED) is 0.629. The van der Waals surface area contributed by atoms with E-state index in [4.69, 9.17) is 0 Å². The Hall–Kier alpha value is -1.90. The summed E-state index contributed by atoms with van der Waals surface area (Å²) in [4.78, 5) is 0. The summed E-state index contributed by atoms with van der Waals surface area (Å²) in [5, 5.41) is 18.9. The van der Waals surface area contributed by atoms with E-state index in [1.165, 1.54) is 0 Å². The van der Waals surface area contributed by atoms with Gasteiger partial charge in [-0.25, -0.2) is 4.68 Å². The van der Waals surface area contributed by atoms with Gasteiger partial charge in [0.2, 0.25) is 0 Å². The van der Waals surface area contributed by atoms with Crippen LogP contribution in [-0.2, 0) is 6.42 Å². The van der Waals surface area contributed by atoms with Gasteiger partial charge in [0, 0.05) is 6.42 Å². The predicted octanol–water partition coefficient (Wildman–Crippen LogP) is 4.02. The van der Waals surface area contributed by atoms with Gasteiger partial charge in [-0.3, -0.25) is 0 Å². The van der Waals surface area contributed by atoms with Crippen LogP contribution in [0.1, 0.15) is 43.7 Å². The Morgan fingerprint density at radius 3 is 2.48 bits per heavy atom. The number of aliphatic hydroxyl groups excluding tert-OH is 1. The van der Waals surface area contributed by atoms with Crippen LogP contribution in [0.5, 0.6) is 0 Å². The minimum atomic E-state index is -1.45.